The van der Waals surface area contributed by atoms with Gasteiger partial charge in [0.05, 0.1) is 5.92 Å². The minimum atomic E-state index is -0.761. The number of rotatable bonds is 2. The Bertz CT molecular complexity index is 635. The molecule has 0 unspecified atom stereocenters. The second-order valence-corrected chi connectivity index (χ2v) is 9.78. The molecule has 1 N–H and O–H groups in total. The van der Waals surface area contributed by atoms with Crippen molar-refractivity contribution in [1.29, 1.82) is 0 Å². The van der Waals surface area contributed by atoms with Crippen molar-refractivity contribution in [1.82, 2.24) is 0 Å². The monoisotopic (exact) mass is 344 g/mol. The van der Waals surface area contributed by atoms with Crippen molar-refractivity contribution in [2.24, 2.45) is 40.4 Å². The minimum absolute atomic E-state index is 0.0896. The second-order valence-electron chi connectivity index (χ2n) is 9.78. The summed E-state index contributed by atoms with van der Waals surface area (Å²) in [6.45, 7) is 6.32. The number of fused-ring (bicyclic) bond motifs is 5. The molecule has 0 aromatic heterocycles. The van der Waals surface area contributed by atoms with Gasteiger partial charge in [-0.05, 0) is 80.5 Å². The van der Waals surface area contributed by atoms with Crippen molar-refractivity contribution in [3.8, 4) is 0 Å². The molecule has 3 nitrogen and oxygen atoms in total. The molecule has 4 rings (SSSR count). The zero-order valence-electron chi connectivity index (χ0n) is 15.9. The molecule has 0 aliphatic heterocycles. The predicted octanol–water partition coefficient (Wildman–Crippen LogP) is 4.86. The van der Waals surface area contributed by atoms with E-state index in [9.17, 15) is 14.7 Å². The van der Waals surface area contributed by atoms with Gasteiger partial charge in [0.15, 0.2) is 0 Å². The van der Waals surface area contributed by atoms with E-state index < -0.39 is 11.9 Å². The maximum atomic E-state index is 12.4. The van der Waals surface area contributed by atoms with Crippen LogP contribution in [0.25, 0.3) is 0 Å². The smallest absolute Gasteiger partial charge is 0.307 e. The highest BCUT2D eigenvalue weighted by Gasteiger charge is 2.63. The quantitative estimate of drug-likeness (QED) is 0.728. The molecule has 0 aromatic carbocycles. The highest BCUT2D eigenvalue weighted by atomic mass is 16.4. The fraction of sp³-hybridized carbons (Fsp3) is 0.818. The van der Waals surface area contributed by atoms with Crippen molar-refractivity contribution < 1.29 is 14.7 Å². The molecule has 0 bridgehead atoms. The van der Waals surface area contributed by atoms with Gasteiger partial charge in [-0.1, -0.05) is 31.9 Å². The number of carbonyl (C=O) groups excluding carboxylic acids is 1. The molecule has 0 amide bonds. The van der Waals surface area contributed by atoms with E-state index in [-0.39, 0.29) is 17.1 Å². The number of allylic oxidation sites excluding steroid dienone is 2. The third-order valence-electron chi connectivity index (χ3n) is 8.83. The molecule has 0 saturated heterocycles. The standard InChI is InChI=1S/C22H32O3/c1-13(23)19-16(20(24)25)12-18-15-8-7-14-6-4-5-10-21(14,2)17(15)9-11-22(18,19)3/h7,15-19H,4-6,8-12H2,1-3H3,(H,24,25)/t15-,16+,17+,18+,19+,21+,22+/m1/s1. The molecule has 3 saturated carbocycles. The van der Waals surface area contributed by atoms with Gasteiger partial charge in [-0.3, -0.25) is 9.59 Å². The van der Waals surface area contributed by atoms with Crippen LogP contribution in [0.5, 0.6) is 0 Å². The Morgan fingerprint density at radius 3 is 2.60 bits per heavy atom. The van der Waals surface area contributed by atoms with Crippen LogP contribution < -0.4 is 0 Å². The number of Topliss-reactive ketones (excluding diaryl/α,β-unsaturated/α-hetero) is 1. The fourth-order valence-electron chi connectivity index (χ4n) is 7.74. The average Bonchev–Trinajstić information content (AvgIpc) is 2.88. The van der Waals surface area contributed by atoms with Gasteiger partial charge in [0, 0.05) is 5.92 Å². The van der Waals surface area contributed by atoms with E-state index in [1.54, 1.807) is 12.5 Å². The molecular formula is C22H32O3. The molecule has 4 aliphatic rings. The first kappa shape index (κ1) is 17.3. The van der Waals surface area contributed by atoms with Crippen molar-refractivity contribution in [3.05, 3.63) is 11.6 Å². The number of hydrogen-bond donors (Lipinski definition) is 1. The number of carbonyl (C=O) groups is 2. The van der Waals surface area contributed by atoms with Crippen molar-refractivity contribution in [3.63, 3.8) is 0 Å². The maximum absolute atomic E-state index is 12.4. The van der Waals surface area contributed by atoms with Gasteiger partial charge in [0.2, 0.25) is 0 Å². The number of hydrogen-bond acceptors (Lipinski definition) is 2. The lowest BCUT2D eigenvalue weighted by molar-refractivity contribution is -0.147. The first-order chi connectivity index (χ1) is 11.8. The highest BCUT2D eigenvalue weighted by Crippen LogP contribution is 2.67. The lowest BCUT2D eigenvalue weighted by Gasteiger charge is -2.57. The molecule has 7 atom stereocenters. The SMILES string of the molecule is CC(=O)[C@H]1[C@@H](C(=O)O)C[C@H]2[C@@H]3CC=C4CCCC[C@]4(C)[C@H]3CC[C@@]21C. The summed E-state index contributed by atoms with van der Waals surface area (Å²) in [5.74, 6) is 0.201. The van der Waals surface area contributed by atoms with Crippen LogP contribution in [0.1, 0.15) is 72.1 Å². The Hall–Kier alpha value is -1.12. The zero-order valence-corrected chi connectivity index (χ0v) is 15.9. The predicted molar refractivity (Wildman–Crippen MR) is 97.0 cm³/mol. The molecule has 0 heterocycles. The summed E-state index contributed by atoms with van der Waals surface area (Å²) in [5.41, 5.74) is 1.89. The largest absolute Gasteiger partial charge is 0.481 e. The van der Waals surface area contributed by atoms with Gasteiger partial charge < -0.3 is 5.11 Å². The third kappa shape index (κ3) is 2.30. The lowest BCUT2D eigenvalue weighted by Crippen LogP contribution is -2.50. The topological polar surface area (TPSA) is 54.4 Å². The van der Waals surface area contributed by atoms with E-state index >= 15 is 0 Å². The first-order valence-electron chi connectivity index (χ1n) is 10.2. The van der Waals surface area contributed by atoms with E-state index in [1.165, 1.54) is 32.1 Å². The Balaban J connectivity index is 1.72. The van der Waals surface area contributed by atoms with Gasteiger partial charge in [-0.2, -0.15) is 0 Å². The van der Waals surface area contributed by atoms with Gasteiger partial charge in [0.1, 0.15) is 5.78 Å². The van der Waals surface area contributed by atoms with E-state index in [0.717, 1.165) is 12.8 Å². The first-order valence-corrected chi connectivity index (χ1v) is 10.2. The molecule has 25 heavy (non-hydrogen) atoms. The maximum Gasteiger partial charge on any atom is 0.307 e. The van der Waals surface area contributed by atoms with Crippen molar-refractivity contribution >= 4 is 11.8 Å². The number of aliphatic carboxylic acids is 1. The molecule has 0 spiro atoms. The fourth-order valence-corrected chi connectivity index (χ4v) is 7.74. The van der Waals surface area contributed by atoms with Crippen LogP contribution in [0.2, 0.25) is 0 Å². The summed E-state index contributed by atoms with van der Waals surface area (Å²) in [4.78, 5) is 24.3. The molecule has 0 aromatic rings. The summed E-state index contributed by atoms with van der Waals surface area (Å²) in [6, 6.07) is 0. The van der Waals surface area contributed by atoms with Gasteiger partial charge >= 0.3 is 5.97 Å². The van der Waals surface area contributed by atoms with Gasteiger partial charge in [-0.25, -0.2) is 0 Å². The van der Waals surface area contributed by atoms with Crippen LogP contribution in [-0.2, 0) is 9.59 Å². The Kier molecular flexibility index (Phi) is 3.94. The van der Waals surface area contributed by atoms with Gasteiger partial charge in [0.25, 0.3) is 0 Å². The van der Waals surface area contributed by atoms with Crippen molar-refractivity contribution in [2.45, 2.75) is 72.1 Å². The summed E-state index contributed by atoms with van der Waals surface area (Å²) in [5, 5.41) is 9.76. The normalized spacial score (nSPS) is 48.8. The minimum Gasteiger partial charge on any atom is -0.481 e. The van der Waals surface area contributed by atoms with E-state index in [0.29, 0.717) is 29.6 Å². The summed E-state index contributed by atoms with van der Waals surface area (Å²) in [6.07, 6.45) is 11.7. The van der Waals surface area contributed by atoms with Crippen molar-refractivity contribution in [2.75, 3.05) is 0 Å². The Morgan fingerprint density at radius 1 is 1.16 bits per heavy atom. The summed E-state index contributed by atoms with van der Waals surface area (Å²) < 4.78 is 0. The average molecular weight is 344 g/mol. The van der Waals surface area contributed by atoms with Crippen LogP contribution in [0, 0.1) is 40.4 Å². The molecule has 0 radical (unpaired) electrons. The van der Waals surface area contributed by atoms with E-state index in [4.69, 9.17) is 0 Å². The van der Waals surface area contributed by atoms with Crippen LogP contribution >= 0.6 is 0 Å². The third-order valence-corrected chi connectivity index (χ3v) is 8.83. The summed E-state index contributed by atoms with van der Waals surface area (Å²) in [7, 11) is 0. The van der Waals surface area contributed by atoms with E-state index in [1.807, 2.05) is 0 Å². The molecule has 3 heteroatoms. The lowest BCUT2D eigenvalue weighted by atomic mass is 9.47. The highest BCUT2D eigenvalue weighted by molar-refractivity contribution is 5.86. The van der Waals surface area contributed by atoms with Crippen LogP contribution in [0.3, 0.4) is 0 Å². The Morgan fingerprint density at radius 2 is 1.92 bits per heavy atom. The van der Waals surface area contributed by atoms with Crippen LogP contribution in [0.4, 0.5) is 0 Å². The molecule has 138 valence electrons. The van der Waals surface area contributed by atoms with Gasteiger partial charge in [-0.15, -0.1) is 0 Å². The van der Waals surface area contributed by atoms with Crippen LogP contribution in [-0.4, -0.2) is 16.9 Å². The summed E-state index contributed by atoms with van der Waals surface area (Å²) >= 11 is 0. The van der Waals surface area contributed by atoms with E-state index in [2.05, 4.69) is 19.9 Å². The molecular weight excluding hydrogens is 312 g/mol. The number of carboxylic acids is 1. The number of ketones is 1. The zero-order chi connectivity index (χ0) is 18.0. The second kappa shape index (κ2) is 5.69. The number of carboxylic acid groups (broad SMARTS) is 1. The Labute approximate surface area is 151 Å². The molecule has 4 aliphatic carbocycles. The van der Waals surface area contributed by atoms with Crippen LogP contribution in [0.15, 0.2) is 11.6 Å². The molecule has 3 fully saturated rings.